The molecule has 1 atom stereocenters. The second-order valence-corrected chi connectivity index (χ2v) is 2.84. The van der Waals surface area contributed by atoms with Crippen LogP contribution in [-0.2, 0) is 0 Å². The van der Waals surface area contributed by atoms with Crippen LogP contribution in [0.5, 0.6) is 0 Å². The van der Waals surface area contributed by atoms with Gasteiger partial charge in [0.2, 0.25) is 0 Å². The molecule has 1 aromatic carbocycles. The summed E-state index contributed by atoms with van der Waals surface area (Å²) in [5.74, 6) is 0.255. The minimum Gasteiger partial charge on any atom is -0.387 e. The van der Waals surface area contributed by atoms with Crippen LogP contribution < -0.4 is 0 Å². The van der Waals surface area contributed by atoms with Gasteiger partial charge in [-0.15, -0.1) is 11.6 Å². The van der Waals surface area contributed by atoms with Crippen LogP contribution in [0.2, 0.25) is 0 Å². The molecule has 0 fully saturated rings. The maximum absolute atomic E-state index is 9.38. The van der Waals surface area contributed by atoms with Crippen LogP contribution in [0.3, 0.4) is 0 Å². The van der Waals surface area contributed by atoms with Crippen molar-refractivity contribution in [2.24, 2.45) is 0 Å². The van der Waals surface area contributed by atoms with Crippen LogP contribution >= 0.6 is 11.6 Å². The van der Waals surface area contributed by atoms with Gasteiger partial charge >= 0.3 is 0 Å². The predicted octanol–water partition coefficient (Wildman–Crippen LogP) is 2.27. The van der Waals surface area contributed by atoms with Gasteiger partial charge in [0.15, 0.2) is 0 Å². The zero-order chi connectivity index (χ0) is 8.27. The highest BCUT2D eigenvalue weighted by atomic mass is 35.5. The van der Waals surface area contributed by atoms with Gasteiger partial charge in [0.25, 0.3) is 0 Å². The summed E-state index contributed by atoms with van der Waals surface area (Å²) in [6, 6.07) is 7.70. The van der Waals surface area contributed by atoms with Crippen LogP contribution in [0.25, 0.3) is 0 Å². The van der Waals surface area contributed by atoms with E-state index >= 15 is 0 Å². The van der Waals surface area contributed by atoms with Crippen LogP contribution in [0.1, 0.15) is 17.2 Å². The lowest BCUT2D eigenvalue weighted by Gasteiger charge is -2.09. The van der Waals surface area contributed by atoms with E-state index < -0.39 is 6.10 Å². The summed E-state index contributed by atoms with van der Waals surface area (Å²) < 4.78 is 0. The molecule has 0 radical (unpaired) electrons. The van der Waals surface area contributed by atoms with Crippen molar-refractivity contribution in [1.29, 1.82) is 0 Å². The topological polar surface area (TPSA) is 20.2 Å². The van der Waals surface area contributed by atoms with Crippen molar-refractivity contribution < 1.29 is 5.11 Å². The van der Waals surface area contributed by atoms with Gasteiger partial charge in [0.05, 0.1) is 12.0 Å². The fourth-order valence-electron chi connectivity index (χ4n) is 1.04. The number of aliphatic hydroxyl groups excluding tert-OH is 1. The molecule has 1 N–H and O–H groups in total. The summed E-state index contributed by atoms with van der Waals surface area (Å²) in [7, 11) is 0. The van der Waals surface area contributed by atoms with Crippen molar-refractivity contribution in [2.45, 2.75) is 13.0 Å². The zero-order valence-corrected chi connectivity index (χ0v) is 7.17. The minimum atomic E-state index is -0.530. The Morgan fingerprint density at radius 3 is 2.64 bits per heavy atom. The number of benzene rings is 1. The molecule has 1 nitrogen and oxygen atoms in total. The molecule has 1 unspecified atom stereocenters. The van der Waals surface area contributed by atoms with E-state index in [0.717, 1.165) is 11.1 Å². The maximum Gasteiger partial charge on any atom is 0.0927 e. The standard InChI is InChI=1S/C9H11ClO/c1-7-4-2-3-5-8(7)9(11)6-10/h2-5,9,11H,6H2,1H3. The van der Waals surface area contributed by atoms with Crippen LogP contribution in [-0.4, -0.2) is 11.0 Å². The summed E-state index contributed by atoms with van der Waals surface area (Å²) >= 11 is 5.51. The molecule has 0 amide bonds. The lowest BCUT2D eigenvalue weighted by Crippen LogP contribution is -2.00. The highest BCUT2D eigenvalue weighted by Crippen LogP contribution is 2.17. The first-order chi connectivity index (χ1) is 5.25. The van der Waals surface area contributed by atoms with Gasteiger partial charge in [-0.3, -0.25) is 0 Å². The Morgan fingerprint density at radius 2 is 2.09 bits per heavy atom. The van der Waals surface area contributed by atoms with Gasteiger partial charge in [-0.05, 0) is 18.1 Å². The molecule has 0 bridgehead atoms. The van der Waals surface area contributed by atoms with E-state index in [1.165, 1.54) is 0 Å². The van der Waals surface area contributed by atoms with Gasteiger partial charge < -0.3 is 5.11 Å². The summed E-state index contributed by atoms with van der Waals surface area (Å²) in [5.41, 5.74) is 2.00. The van der Waals surface area contributed by atoms with Crippen molar-refractivity contribution in [3.8, 4) is 0 Å². The largest absolute Gasteiger partial charge is 0.387 e. The van der Waals surface area contributed by atoms with Crippen LogP contribution in [0.4, 0.5) is 0 Å². The number of hydrogen-bond acceptors (Lipinski definition) is 1. The minimum absolute atomic E-state index is 0.255. The zero-order valence-electron chi connectivity index (χ0n) is 6.42. The average Bonchev–Trinajstić information content (AvgIpc) is 2.04. The Bertz CT molecular complexity index is 235. The summed E-state index contributed by atoms with van der Waals surface area (Å²) in [6.07, 6.45) is -0.530. The Morgan fingerprint density at radius 1 is 1.45 bits per heavy atom. The first-order valence-electron chi connectivity index (χ1n) is 3.55. The van der Waals surface area contributed by atoms with E-state index in [1.54, 1.807) is 0 Å². The van der Waals surface area contributed by atoms with Crippen molar-refractivity contribution in [3.05, 3.63) is 35.4 Å². The molecule has 1 aromatic rings. The highest BCUT2D eigenvalue weighted by molar-refractivity contribution is 6.18. The van der Waals surface area contributed by atoms with E-state index in [-0.39, 0.29) is 5.88 Å². The molecular formula is C9H11ClO. The third-order valence-corrected chi connectivity index (χ3v) is 1.99. The SMILES string of the molecule is Cc1ccccc1C(O)CCl. The number of alkyl halides is 1. The van der Waals surface area contributed by atoms with E-state index in [1.807, 2.05) is 31.2 Å². The molecule has 60 valence electrons. The van der Waals surface area contributed by atoms with E-state index in [4.69, 9.17) is 11.6 Å². The van der Waals surface area contributed by atoms with E-state index in [2.05, 4.69) is 0 Å². The molecule has 0 aliphatic rings. The fraction of sp³-hybridized carbons (Fsp3) is 0.333. The number of rotatable bonds is 2. The molecule has 2 heteroatoms. The lowest BCUT2D eigenvalue weighted by molar-refractivity contribution is 0.202. The van der Waals surface area contributed by atoms with Gasteiger partial charge in [-0.1, -0.05) is 24.3 Å². The molecule has 0 aliphatic heterocycles. The number of aliphatic hydroxyl groups is 1. The smallest absolute Gasteiger partial charge is 0.0927 e. The maximum atomic E-state index is 9.38. The average molecular weight is 171 g/mol. The molecular weight excluding hydrogens is 160 g/mol. The summed E-state index contributed by atoms with van der Waals surface area (Å²) in [6.45, 7) is 1.96. The van der Waals surface area contributed by atoms with Crippen LogP contribution in [0, 0.1) is 6.92 Å². The van der Waals surface area contributed by atoms with Gasteiger partial charge in [0.1, 0.15) is 0 Å². The Balaban J connectivity index is 2.93. The second-order valence-electron chi connectivity index (χ2n) is 2.53. The van der Waals surface area contributed by atoms with E-state index in [0.29, 0.717) is 0 Å². The molecule has 0 saturated carbocycles. The van der Waals surface area contributed by atoms with Crippen molar-refractivity contribution in [2.75, 3.05) is 5.88 Å². The Kier molecular flexibility index (Phi) is 2.92. The molecule has 0 heterocycles. The third kappa shape index (κ3) is 1.95. The first-order valence-corrected chi connectivity index (χ1v) is 4.08. The molecule has 1 rings (SSSR count). The van der Waals surface area contributed by atoms with Crippen LogP contribution in [0.15, 0.2) is 24.3 Å². The lowest BCUT2D eigenvalue weighted by atomic mass is 10.1. The molecule has 0 spiro atoms. The summed E-state index contributed by atoms with van der Waals surface area (Å²) in [5, 5.41) is 9.38. The fourth-order valence-corrected chi connectivity index (χ4v) is 1.21. The monoisotopic (exact) mass is 170 g/mol. The molecule has 0 aromatic heterocycles. The highest BCUT2D eigenvalue weighted by Gasteiger charge is 2.06. The second kappa shape index (κ2) is 3.74. The van der Waals surface area contributed by atoms with Crippen molar-refractivity contribution >= 4 is 11.6 Å². The van der Waals surface area contributed by atoms with Crippen molar-refractivity contribution in [3.63, 3.8) is 0 Å². The Labute approximate surface area is 71.6 Å². The quantitative estimate of drug-likeness (QED) is 0.676. The van der Waals surface area contributed by atoms with E-state index in [9.17, 15) is 5.11 Å². The predicted molar refractivity (Wildman–Crippen MR) is 46.9 cm³/mol. The number of aryl methyl sites for hydroxylation is 1. The van der Waals surface area contributed by atoms with Crippen molar-refractivity contribution in [1.82, 2.24) is 0 Å². The Hall–Kier alpha value is -0.530. The number of hydrogen-bond donors (Lipinski definition) is 1. The van der Waals surface area contributed by atoms with Gasteiger partial charge in [-0.25, -0.2) is 0 Å². The van der Waals surface area contributed by atoms with Gasteiger partial charge in [0, 0.05) is 0 Å². The third-order valence-electron chi connectivity index (χ3n) is 1.69. The summed E-state index contributed by atoms with van der Waals surface area (Å²) in [4.78, 5) is 0. The molecule has 11 heavy (non-hydrogen) atoms. The normalized spacial score (nSPS) is 13.0. The number of halogens is 1. The van der Waals surface area contributed by atoms with Gasteiger partial charge in [-0.2, -0.15) is 0 Å². The molecule has 0 aliphatic carbocycles. The first kappa shape index (κ1) is 8.57. The molecule has 0 saturated heterocycles.